The molecule has 0 fully saturated rings. The predicted molar refractivity (Wildman–Crippen MR) is 86.1 cm³/mol. The van der Waals surface area contributed by atoms with E-state index in [0.29, 0.717) is 21.4 Å². The monoisotopic (exact) mass is 332 g/mol. The van der Waals surface area contributed by atoms with E-state index in [9.17, 15) is 8.42 Å². The van der Waals surface area contributed by atoms with Gasteiger partial charge in [0.1, 0.15) is 5.01 Å². The van der Waals surface area contributed by atoms with Gasteiger partial charge in [0, 0.05) is 11.3 Å². The Hall–Kier alpha value is -2.45. The lowest BCUT2D eigenvalue weighted by Crippen LogP contribution is -2.03. The molecule has 0 aliphatic heterocycles. The highest BCUT2D eigenvalue weighted by molar-refractivity contribution is 7.91. The molecule has 8 heteroatoms. The molecule has 0 radical (unpaired) electrons. The number of nitrogens with zero attached hydrogens (tertiary/aromatic N) is 2. The lowest BCUT2D eigenvalue weighted by Gasteiger charge is -2.07. The summed E-state index contributed by atoms with van der Waals surface area (Å²) in [4.78, 5) is 0.325. The maximum atomic E-state index is 12.7. The van der Waals surface area contributed by atoms with Crippen LogP contribution in [0.15, 0.2) is 58.3 Å². The second-order valence-corrected chi connectivity index (χ2v) is 7.51. The molecule has 0 saturated carbocycles. The summed E-state index contributed by atoms with van der Waals surface area (Å²) in [7, 11) is -3.64. The highest BCUT2D eigenvalue weighted by Gasteiger charge is 2.19. The Kier molecular flexibility index (Phi) is 3.55. The minimum atomic E-state index is -3.64. The molecule has 6 nitrogen and oxygen atoms in total. The molecule has 4 N–H and O–H groups in total. The van der Waals surface area contributed by atoms with Gasteiger partial charge in [0.15, 0.2) is 0 Å². The van der Waals surface area contributed by atoms with Gasteiger partial charge in [0.2, 0.25) is 15.0 Å². The van der Waals surface area contributed by atoms with Crippen LogP contribution in [0.25, 0.3) is 10.6 Å². The van der Waals surface area contributed by atoms with E-state index in [1.807, 2.05) is 0 Å². The molecule has 0 amide bonds. The Morgan fingerprint density at radius 2 is 1.64 bits per heavy atom. The van der Waals surface area contributed by atoms with Crippen LogP contribution in [-0.2, 0) is 9.84 Å². The molecule has 2 aromatic carbocycles. The van der Waals surface area contributed by atoms with E-state index in [0.717, 1.165) is 0 Å². The summed E-state index contributed by atoms with van der Waals surface area (Å²) in [5.74, 6) is 0. The Bertz CT molecular complexity index is 921. The first kappa shape index (κ1) is 14.5. The van der Waals surface area contributed by atoms with Gasteiger partial charge in [-0.3, -0.25) is 0 Å². The molecule has 3 aromatic rings. The Morgan fingerprint density at radius 1 is 0.909 bits per heavy atom. The number of anilines is 2. The summed E-state index contributed by atoms with van der Waals surface area (Å²) in [6, 6.07) is 12.8. The van der Waals surface area contributed by atoms with Crippen molar-refractivity contribution in [1.29, 1.82) is 0 Å². The van der Waals surface area contributed by atoms with Crippen molar-refractivity contribution in [3.05, 3.63) is 48.5 Å². The predicted octanol–water partition coefficient (Wildman–Crippen LogP) is 2.20. The van der Waals surface area contributed by atoms with Gasteiger partial charge >= 0.3 is 0 Å². The van der Waals surface area contributed by atoms with E-state index in [1.165, 1.54) is 23.5 Å². The van der Waals surface area contributed by atoms with E-state index in [1.54, 1.807) is 36.4 Å². The van der Waals surface area contributed by atoms with Crippen LogP contribution in [0, 0.1) is 0 Å². The molecular formula is C14H12N4O2S2. The Balaban J connectivity index is 2.14. The Labute approximate surface area is 131 Å². The van der Waals surface area contributed by atoms with Gasteiger partial charge in [0.05, 0.1) is 9.79 Å². The number of nitrogens with two attached hydrogens (primary N) is 2. The van der Waals surface area contributed by atoms with Crippen molar-refractivity contribution in [3.63, 3.8) is 0 Å². The van der Waals surface area contributed by atoms with Crippen molar-refractivity contribution in [3.8, 4) is 10.6 Å². The fraction of sp³-hybridized carbons (Fsp3) is 0. The molecule has 0 bridgehead atoms. The minimum absolute atomic E-state index is 0.113. The van der Waals surface area contributed by atoms with E-state index < -0.39 is 9.84 Å². The van der Waals surface area contributed by atoms with Crippen LogP contribution in [0.4, 0.5) is 10.8 Å². The topological polar surface area (TPSA) is 112 Å². The summed E-state index contributed by atoms with van der Waals surface area (Å²) >= 11 is 1.17. The van der Waals surface area contributed by atoms with Gasteiger partial charge in [0.25, 0.3) is 0 Å². The molecule has 22 heavy (non-hydrogen) atoms. The SMILES string of the molecule is Nc1cc(-c2nnc(N)s2)cc(S(=O)(=O)c2ccccc2)c1. The first-order valence-electron chi connectivity index (χ1n) is 6.27. The lowest BCUT2D eigenvalue weighted by atomic mass is 10.2. The van der Waals surface area contributed by atoms with Crippen molar-refractivity contribution in [1.82, 2.24) is 10.2 Å². The highest BCUT2D eigenvalue weighted by Crippen LogP contribution is 2.31. The van der Waals surface area contributed by atoms with E-state index in [4.69, 9.17) is 11.5 Å². The highest BCUT2D eigenvalue weighted by atomic mass is 32.2. The van der Waals surface area contributed by atoms with Crippen LogP contribution in [0.3, 0.4) is 0 Å². The molecule has 1 heterocycles. The molecular weight excluding hydrogens is 320 g/mol. The van der Waals surface area contributed by atoms with E-state index >= 15 is 0 Å². The fourth-order valence-electron chi connectivity index (χ4n) is 1.99. The average Bonchev–Trinajstić information content (AvgIpc) is 2.94. The molecule has 1 aromatic heterocycles. The van der Waals surface area contributed by atoms with Gasteiger partial charge in [-0.2, -0.15) is 0 Å². The number of hydrogen-bond donors (Lipinski definition) is 2. The Morgan fingerprint density at radius 3 is 2.27 bits per heavy atom. The van der Waals surface area contributed by atoms with E-state index in [-0.39, 0.29) is 9.79 Å². The first-order valence-corrected chi connectivity index (χ1v) is 8.57. The van der Waals surface area contributed by atoms with Crippen molar-refractivity contribution in [2.24, 2.45) is 0 Å². The maximum Gasteiger partial charge on any atom is 0.206 e. The zero-order valence-corrected chi connectivity index (χ0v) is 12.9. The average molecular weight is 332 g/mol. The largest absolute Gasteiger partial charge is 0.399 e. The third-order valence-electron chi connectivity index (χ3n) is 2.98. The number of hydrogen-bond acceptors (Lipinski definition) is 7. The number of benzene rings is 2. The van der Waals surface area contributed by atoms with Crippen LogP contribution in [0.5, 0.6) is 0 Å². The molecule has 3 rings (SSSR count). The summed E-state index contributed by atoms with van der Waals surface area (Å²) in [6.45, 7) is 0. The third kappa shape index (κ3) is 2.66. The number of aromatic nitrogens is 2. The van der Waals surface area contributed by atoms with Gasteiger partial charge in [-0.05, 0) is 30.3 Å². The fourth-order valence-corrected chi connectivity index (χ4v) is 3.95. The normalized spacial score (nSPS) is 11.5. The molecule has 0 spiro atoms. The minimum Gasteiger partial charge on any atom is -0.399 e. The number of sulfone groups is 1. The second kappa shape index (κ2) is 5.39. The van der Waals surface area contributed by atoms with Crippen molar-refractivity contribution >= 4 is 32.0 Å². The molecule has 0 aliphatic rings. The molecule has 112 valence electrons. The second-order valence-electron chi connectivity index (χ2n) is 4.55. The lowest BCUT2D eigenvalue weighted by molar-refractivity contribution is 0.596. The standard InChI is InChI=1S/C14H12N4O2S2/c15-10-6-9(13-17-18-14(16)21-13)7-12(8-10)22(19,20)11-4-2-1-3-5-11/h1-8H,15H2,(H2,16,18). The van der Waals surface area contributed by atoms with Gasteiger partial charge in [-0.1, -0.05) is 29.5 Å². The van der Waals surface area contributed by atoms with Gasteiger partial charge < -0.3 is 11.5 Å². The molecule has 0 atom stereocenters. The first-order chi connectivity index (χ1) is 10.5. The quantitative estimate of drug-likeness (QED) is 0.711. The molecule has 0 unspecified atom stereocenters. The van der Waals surface area contributed by atoms with Crippen molar-refractivity contribution in [2.75, 3.05) is 11.5 Å². The maximum absolute atomic E-state index is 12.7. The van der Waals surface area contributed by atoms with E-state index in [2.05, 4.69) is 10.2 Å². The molecule has 0 saturated heterocycles. The van der Waals surface area contributed by atoms with Crippen molar-refractivity contribution in [2.45, 2.75) is 9.79 Å². The number of rotatable bonds is 3. The smallest absolute Gasteiger partial charge is 0.206 e. The molecule has 0 aliphatic carbocycles. The van der Waals surface area contributed by atoms with Crippen LogP contribution in [0.1, 0.15) is 0 Å². The summed E-state index contributed by atoms with van der Waals surface area (Å²) < 4.78 is 25.3. The third-order valence-corrected chi connectivity index (χ3v) is 5.53. The van der Waals surface area contributed by atoms with Crippen LogP contribution < -0.4 is 11.5 Å². The van der Waals surface area contributed by atoms with Crippen LogP contribution >= 0.6 is 11.3 Å². The van der Waals surface area contributed by atoms with Crippen LogP contribution in [-0.4, -0.2) is 18.6 Å². The number of nitrogen functional groups attached to an aromatic ring is 2. The summed E-state index contributed by atoms with van der Waals surface area (Å²) in [5, 5.41) is 8.48. The zero-order valence-electron chi connectivity index (χ0n) is 11.3. The summed E-state index contributed by atoms with van der Waals surface area (Å²) in [5.41, 5.74) is 12.3. The van der Waals surface area contributed by atoms with Crippen LogP contribution in [0.2, 0.25) is 0 Å². The van der Waals surface area contributed by atoms with Gasteiger partial charge in [-0.15, -0.1) is 10.2 Å². The zero-order chi connectivity index (χ0) is 15.7. The van der Waals surface area contributed by atoms with Gasteiger partial charge in [-0.25, -0.2) is 8.42 Å². The summed E-state index contributed by atoms with van der Waals surface area (Å²) in [6.07, 6.45) is 0. The van der Waals surface area contributed by atoms with Crippen molar-refractivity contribution < 1.29 is 8.42 Å².